The number of rotatable bonds is 5. The summed E-state index contributed by atoms with van der Waals surface area (Å²) in [6.45, 7) is 2.65. The van der Waals surface area contributed by atoms with Crippen LogP contribution in [0.3, 0.4) is 0 Å². The van der Waals surface area contributed by atoms with Gasteiger partial charge in [0.1, 0.15) is 6.04 Å². The first kappa shape index (κ1) is 17.7. The van der Waals surface area contributed by atoms with Gasteiger partial charge in [0.2, 0.25) is 5.91 Å². The van der Waals surface area contributed by atoms with Crippen molar-refractivity contribution in [1.29, 1.82) is 0 Å². The summed E-state index contributed by atoms with van der Waals surface area (Å²) in [4.78, 5) is 29.6. The summed E-state index contributed by atoms with van der Waals surface area (Å²) < 4.78 is 0. The van der Waals surface area contributed by atoms with Crippen molar-refractivity contribution in [3.8, 4) is 0 Å². The van der Waals surface area contributed by atoms with Crippen LogP contribution in [0.25, 0.3) is 0 Å². The first-order valence-electron chi connectivity index (χ1n) is 9.66. The molecule has 0 bridgehead atoms. The predicted molar refractivity (Wildman–Crippen MR) is 104 cm³/mol. The molecule has 2 aromatic rings. The predicted octanol–water partition coefficient (Wildman–Crippen LogP) is 2.46. The van der Waals surface area contributed by atoms with E-state index in [0.717, 1.165) is 24.0 Å². The number of nitrogens with zero attached hydrogens (tertiary/aromatic N) is 2. The van der Waals surface area contributed by atoms with Gasteiger partial charge in [-0.2, -0.15) is 0 Å². The van der Waals surface area contributed by atoms with Crippen molar-refractivity contribution in [2.75, 3.05) is 26.2 Å². The number of piperazine rings is 1. The van der Waals surface area contributed by atoms with E-state index >= 15 is 0 Å². The maximum Gasteiger partial charge on any atom is 0.253 e. The Morgan fingerprint density at radius 1 is 0.852 bits per heavy atom. The first-order valence-corrected chi connectivity index (χ1v) is 9.66. The standard InChI is InChI=1S/C22H25N3O2/c26-21(23-19-11-12-19)20(17-7-3-1-4-8-17)24-13-15-25(16-14-24)22(27)18-9-5-2-6-10-18/h1-10,19-20H,11-16H2,(H,23,26)/t20-/m0/s1. The summed E-state index contributed by atoms with van der Waals surface area (Å²) in [5, 5.41) is 3.15. The topological polar surface area (TPSA) is 52.7 Å². The molecule has 2 aliphatic rings. The number of hydrogen-bond donors (Lipinski definition) is 1. The molecule has 5 nitrogen and oxygen atoms in total. The van der Waals surface area contributed by atoms with Gasteiger partial charge in [-0.25, -0.2) is 0 Å². The Balaban J connectivity index is 1.45. The molecule has 0 unspecified atom stereocenters. The zero-order valence-electron chi connectivity index (χ0n) is 15.4. The normalized spacial score (nSPS) is 18.7. The molecule has 1 atom stereocenters. The van der Waals surface area contributed by atoms with E-state index in [1.54, 1.807) is 0 Å². The van der Waals surface area contributed by atoms with Crippen LogP contribution in [-0.2, 0) is 4.79 Å². The van der Waals surface area contributed by atoms with E-state index in [4.69, 9.17) is 0 Å². The van der Waals surface area contributed by atoms with Crippen molar-refractivity contribution in [3.63, 3.8) is 0 Å². The van der Waals surface area contributed by atoms with E-state index in [9.17, 15) is 9.59 Å². The van der Waals surface area contributed by atoms with Gasteiger partial charge in [-0.15, -0.1) is 0 Å². The van der Waals surface area contributed by atoms with Crippen molar-refractivity contribution in [2.24, 2.45) is 0 Å². The second-order valence-electron chi connectivity index (χ2n) is 7.29. The van der Waals surface area contributed by atoms with Crippen molar-refractivity contribution in [3.05, 3.63) is 71.8 Å². The molecule has 4 rings (SSSR count). The van der Waals surface area contributed by atoms with E-state index in [2.05, 4.69) is 10.2 Å². The summed E-state index contributed by atoms with van der Waals surface area (Å²) in [5.74, 6) is 0.139. The number of nitrogens with one attached hydrogen (secondary N) is 1. The van der Waals surface area contributed by atoms with Crippen LogP contribution < -0.4 is 5.32 Å². The minimum absolute atomic E-state index is 0.0638. The lowest BCUT2D eigenvalue weighted by Gasteiger charge is -2.38. The molecule has 5 heteroatoms. The fraction of sp³-hybridized carbons (Fsp3) is 0.364. The summed E-state index contributed by atoms with van der Waals surface area (Å²) in [6.07, 6.45) is 2.15. The van der Waals surface area contributed by atoms with Crippen LogP contribution in [-0.4, -0.2) is 53.8 Å². The van der Waals surface area contributed by atoms with Crippen molar-refractivity contribution < 1.29 is 9.59 Å². The minimum Gasteiger partial charge on any atom is -0.352 e. The molecule has 0 radical (unpaired) electrons. The zero-order valence-corrected chi connectivity index (χ0v) is 15.4. The molecule has 27 heavy (non-hydrogen) atoms. The lowest BCUT2D eigenvalue weighted by Crippen LogP contribution is -2.52. The van der Waals surface area contributed by atoms with Crippen LogP contribution in [0.1, 0.15) is 34.8 Å². The van der Waals surface area contributed by atoms with Gasteiger partial charge >= 0.3 is 0 Å². The highest BCUT2D eigenvalue weighted by Crippen LogP contribution is 2.26. The quantitative estimate of drug-likeness (QED) is 0.888. The molecule has 1 aliphatic carbocycles. The van der Waals surface area contributed by atoms with Crippen molar-refractivity contribution >= 4 is 11.8 Å². The molecule has 2 amide bonds. The third kappa shape index (κ3) is 4.19. The average Bonchev–Trinajstić information content (AvgIpc) is 3.54. The molecule has 2 fully saturated rings. The van der Waals surface area contributed by atoms with E-state index in [1.165, 1.54) is 0 Å². The maximum atomic E-state index is 12.9. The molecule has 1 N–H and O–H groups in total. The number of amides is 2. The van der Waals surface area contributed by atoms with Crippen LogP contribution in [0.2, 0.25) is 0 Å². The molecular formula is C22H25N3O2. The Kier molecular flexibility index (Phi) is 5.21. The highest BCUT2D eigenvalue weighted by molar-refractivity contribution is 5.94. The average molecular weight is 363 g/mol. The van der Waals surface area contributed by atoms with Crippen LogP contribution in [0.5, 0.6) is 0 Å². The Hall–Kier alpha value is -2.66. The van der Waals surface area contributed by atoms with E-state index in [1.807, 2.05) is 65.6 Å². The first-order chi connectivity index (χ1) is 13.2. The molecule has 0 aromatic heterocycles. The Labute approximate surface area is 160 Å². The van der Waals surface area contributed by atoms with E-state index < -0.39 is 0 Å². The van der Waals surface area contributed by atoms with Gasteiger partial charge < -0.3 is 10.2 Å². The van der Waals surface area contributed by atoms with Crippen LogP contribution in [0.15, 0.2) is 60.7 Å². The zero-order chi connectivity index (χ0) is 18.6. The minimum atomic E-state index is -0.291. The number of carbonyl (C=O) groups excluding carboxylic acids is 2. The van der Waals surface area contributed by atoms with Gasteiger partial charge in [0.15, 0.2) is 0 Å². The summed E-state index contributed by atoms with van der Waals surface area (Å²) >= 11 is 0. The fourth-order valence-electron chi connectivity index (χ4n) is 3.62. The van der Waals surface area contributed by atoms with Gasteiger partial charge in [0.05, 0.1) is 0 Å². The van der Waals surface area contributed by atoms with Gasteiger partial charge in [0, 0.05) is 37.8 Å². The summed E-state index contributed by atoms with van der Waals surface area (Å²) in [7, 11) is 0. The van der Waals surface area contributed by atoms with Gasteiger partial charge in [-0.1, -0.05) is 48.5 Å². The Bertz CT molecular complexity index is 782. The Morgan fingerprint density at radius 2 is 1.44 bits per heavy atom. The van der Waals surface area contributed by atoms with Crippen LogP contribution in [0.4, 0.5) is 0 Å². The fourth-order valence-corrected chi connectivity index (χ4v) is 3.62. The van der Waals surface area contributed by atoms with Crippen molar-refractivity contribution in [2.45, 2.75) is 24.9 Å². The van der Waals surface area contributed by atoms with E-state index in [0.29, 0.717) is 32.2 Å². The number of benzene rings is 2. The third-order valence-electron chi connectivity index (χ3n) is 5.27. The largest absolute Gasteiger partial charge is 0.352 e. The number of hydrogen-bond acceptors (Lipinski definition) is 3. The molecule has 1 aliphatic heterocycles. The highest BCUT2D eigenvalue weighted by atomic mass is 16.2. The maximum absolute atomic E-state index is 12.9. The smallest absolute Gasteiger partial charge is 0.253 e. The molecule has 140 valence electrons. The third-order valence-corrected chi connectivity index (χ3v) is 5.27. The van der Waals surface area contributed by atoms with Gasteiger partial charge in [-0.05, 0) is 30.5 Å². The lowest BCUT2D eigenvalue weighted by atomic mass is 10.0. The summed E-state index contributed by atoms with van der Waals surface area (Å²) in [6, 6.07) is 19.4. The van der Waals surface area contributed by atoms with E-state index in [-0.39, 0.29) is 17.9 Å². The molecular weight excluding hydrogens is 338 g/mol. The lowest BCUT2D eigenvalue weighted by molar-refractivity contribution is -0.127. The van der Waals surface area contributed by atoms with Crippen LogP contribution in [0, 0.1) is 0 Å². The number of carbonyl (C=O) groups is 2. The molecule has 2 aromatic carbocycles. The van der Waals surface area contributed by atoms with Gasteiger partial charge in [0.25, 0.3) is 5.91 Å². The monoisotopic (exact) mass is 363 g/mol. The molecule has 1 saturated heterocycles. The van der Waals surface area contributed by atoms with Crippen molar-refractivity contribution in [1.82, 2.24) is 15.1 Å². The second-order valence-corrected chi connectivity index (χ2v) is 7.29. The SMILES string of the molecule is O=C(NC1CC1)[C@H](c1ccccc1)N1CCN(C(=O)c2ccccc2)CC1. The molecule has 1 saturated carbocycles. The molecule has 0 spiro atoms. The Morgan fingerprint density at radius 3 is 2.04 bits per heavy atom. The second kappa shape index (κ2) is 7.92. The van der Waals surface area contributed by atoms with Crippen LogP contribution >= 0.6 is 0 Å². The van der Waals surface area contributed by atoms with Gasteiger partial charge in [-0.3, -0.25) is 14.5 Å². The highest BCUT2D eigenvalue weighted by Gasteiger charge is 2.34. The molecule has 1 heterocycles. The summed E-state index contributed by atoms with van der Waals surface area (Å²) in [5.41, 5.74) is 1.73.